The first-order chi connectivity index (χ1) is 7.49. The summed E-state index contributed by atoms with van der Waals surface area (Å²) in [5, 5.41) is 8.79. The molecular weight excluding hydrogens is 226 g/mol. The van der Waals surface area contributed by atoms with E-state index in [1.807, 2.05) is 0 Å². The highest BCUT2D eigenvalue weighted by atomic mass is 32.1. The number of hydrogen-bond donors (Lipinski definition) is 1. The van der Waals surface area contributed by atoms with Crippen molar-refractivity contribution in [3.05, 3.63) is 20.2 Å². The second-order valence-electron chi connectivity index (χ2n) is 4.60. The molecule has 1 N–H and O–H groups in total. The van der Waals surface area contributed by atoms with Gasteiger partial charge in [-0.15, -0.1) is 0 Å². The van der Waals surface area contributed by atoms with Gasteiger partial charge in [-0.1, -0.05) is 25.2 Å². The summed E-state index contributed by atoms with van der Waals surface area (Å²) in [5.41, 5.74) is 0.948. The van der Waals surface area contributed by atoms with Crippen molar-refractivity contribution in [3.8, 4) is 0 Å². The van der Waals surface area contributed by atoms with Crippen molar-refractivity contribution < 1.29 is 9.90 Å². The number of rotatable bonds is 2. The van der Waals surface area contributed by atoms with Crippen LogP contribution in [-0.4, -0.2) is 15.6 Å². The molecule has 1 aliphatic rings. The fraction of sp³-hybridized carbons (Fsp3) is 0.636. The monoisotopic (exact) mass is 241 g/mol. The summed E-state index contributed by atoms with van der Waals surface area (Å²) in [7, 11) is 0. The lowest BCUT2D eigenvalue weighted by molar-refractivity contribution is -0.137. The molecule has 0 aromatic carbocycles. The number of thiazole rings is 1. The van der Waals surface area contributed by atoms with Gasteiger partial charge in [-0.2, -0.15) is 0 Å². The lowest BCUT2D eigenvalue weighted by Gasteiger charge is -2.24. The molecule has 0 fully saturated rings. The molecule has 0 spiro atoms. The van der Waals surface area contributed by atoms with Crippen LogP contribution in [0.25, 0.3) is 0 Å². The second-order valence-corrected chi connectivity index (χ2v) is 5.60. The van der Waals surface area contributed by atoms with E-state index in [4.69, 9.17) is 5.11 Å². The molecule has 5 heteroatoms. The minimum atomic E-state index is -0.950. The van der Waals surface area contributed by atoms with E-state index in [0.717, 1.165) is 23.4 Å². The van der Waals surface area contributed by atoms with E-state index >= 15 is 0 Å². The summed E-state index contributed by atoms with van der Waals surface area (Å²) < 4.78 is 1.43. The minimum absolute atomic E-state index is 0.131. The molecule has 88 valence electrons. The molecule has 1 aromatic rings. The molecule has 0 saturated carbocycles. The third kappa shape index (κ3) is 1.91. The molecule has 0 radical (unpaired) electrons. The molecule has 0 bridgehead atoms. The van der Waals surface area contributed by atoms with E-state index in [-0.39, 0.29) is 11.4 Å². The SMILES string of the molecule is CC1Cc2c(sc(=O)n2CC(=O)O)C(C)C1. The number of carboxylic acids is 1. The summed E-state index contributed by atoms with van der Waals surface area (Å²) in [6, 6.07) is 0. The Morgan fingerprint density at radius 3 is 2.88 bits per heavy atom. The molecular formula is C11H15NO3S. The largest absolute Gasteiger partial charge is 0.480 e. The maximum Gasteiger partial charge on any atom is 0.323 e. The van der Waals surface area contributed by atoms with E-state index in [1.54, 1.807) is 0 Å². The number of aromatic nitrogens is 1. The molecule has 2 atom stereocenters. The summed E-state index contributed by atoms with van der Waals surface area (Å²) in [4.78, 5) is 23.4. The van der Waals surface area contributed by atoms with E-state index in [9.17, 15) is 9.59 Å². The third-order valence-electron chi connectivity index (χ3n) is 3.07. The van der Waals surface area contributed by atoms with Gasteiger partial charge >= 0.3 is 10.8 Å². The zero-order valence-corrected chi connectivity index (χ0v) is 10.2. The summed E-state index contributed by atoms with van der Waals surface area (Å²) in [5.74, 6) is -0.0448. The molecule has 1 heterocycles. The van der Waals surface area contributed by atoms with Crippen molar-refractivity contribution in [2.24, 2.45) is 5.92 Å². The molecule has 1 aliphatic carbocycles. The van der Waals surface area contributed by atoms with E-state index < -0.39 is 5.97 Å². The molecule has 2 unspecified atom stereocenters. The van der Waals surface area contributed by atoms with Crippen LogP contribution in [-0.2, 0) is 17.8 Å². The van der Waals surface area contributed by atoms with Gasteiger partial charge in [0.1, 0.15) is 6.54 Å². The van der Waals surface area contributed by atoms with Gasteiger partial charge in [-0.25, -0.2) is 0 Å². The minimum Gasteiger partial charge on any atom is -0.480 e. The highest BCUT2D eigenvalue weighted by molar-refractivity contribution is 7.09. The standard InChI is InChI=1S/C11H15NO3S/c1-6-3-7(2)10-8(4-6)12(5-9(13)14)11(15)16-10/h6-7H,3-5H2,1-2H3,(H,13,14). The predicted octanol–water partition coefficient (Wildman–Crippen LogP) is 1.68. The van der Waals surface area contributed by atoms with Crippen molar-refractivity contribution in [2.45, 2.75) is 39.2 Å². The van der Waals surface area contributed by atoms with Crippen LogP contribution in [0.4, 0.5) is 0 Å². The Kier molecular flexibility index (Phi) is 2.88. The van der Waals surface area contributed by atoms with Gasteiger partial charge in [0, 0.05) is 10.6 Å². The number of fused-ring (bicyclic) bond motifs is 1. The van der Waals surface area contributed by atoms with Crippen LogP contribution in [0.3, 0.4) is 0 Å². The maximum atomic E-state index is 11.7. The first-order valence-electron chi connectivity index (χ1n) is 5.43. The van der Waals surface area contributed by atoms with Crippen molar-refractivity contribution in [1.82, 2.24) is 4.57 Å². The van der Waals surface area contributed by atoms with Crippen molar-refractivity contribution in [1.29, 1.82) is 0 Å². The molecule has 16 heavy (non-hydrogen) atoms. The molecule has 1 aromatic heterocycles. The Balaban J connectivity index is 2.47. The van der Waals surface area contributed by atoms with Crippen LogP contribution < -0.4 is 4.87 Å². The average molecular weight is 241 g/mol. The third-order valence-corrected chi connectivity index (χ3v) is 4.32. The molecule has 4 nitrogen and oxygen atoms in total. The van der Waals surface area contributed by atoms with Crippen molar-refractivity contribution in [3.63, 3.8) is 0 Å². The topological polar surface area (TPSA) is 59.3 Å². The number of carboxylic acid groups (broad SMARTS) is 1. The van der Waals surface area contributed by atoms with Crippen LogP contribution in [0.2, 0.25) is 0 Å². The number of aliphatic carboxylic acids is 1. The predicted molar refractivity (Wildman–Crippen MR) is 62.1 cm³/mol. The average Bonchev–Trinajstić information content (AvgIpc) is 2.45. The van der Waals surface area contributed by atoms with Gasteiger partial charge in [0.25, 0.3) is 0 Å². The highest BCUT2D eigenvalue weighted by Crippen LogP contribution is 2.35. The van der Waals surface area contributed by atoms with Crippen LogP contribution in [0.1, 0.15) is 36.8 Å². The van der Waals surface area contributed by atoms with Gasteiger partial charge in [0.15, 0.2) is 0 Å². The van der Waals surface area contributed by atoms with Gasteiger partial charge in [-0.05, 0) is 24.7 Å². The normalized spacial score (nSPS) is 24.1. The lowest BCUT2D eigenvalue weighted by atomic mass is 9.85. The first kappa shape index (κ1) is 11.4. The maximum absolute atomic E-state index is 11.7. The van der Waals surface area contributed by atoms with E-state index in [2.05, 4.69) is 13.8 Å². The number of carbonyl (C=O) groups is 1. The fourth-order valence-electron chi connectivity index (χ4n) is 2.47. The van der Waals surface area contributed by atoms with Crippen LogP contribution >= 0.6 is 11.3 Å². The van der Waals surface area contributed by atoms with Gasteiger partial charge in [0.05, 0.1) is 0 Å². The zero-order chi connectivity index (χ0) is 11.9. The summed E-state index contributed by atoms with van der Waals surface area (Å²) >= 11 is 1.21. The van der Waals surface area contributed by atoms with Crippen LogP contribution in [0.15, 0.2) is 4.79 Å². The number of hydrogen-bond acceptors (Lipinski definition) is 3. The molecule has 0 saturated heterocycles. The Labute approximate surface area is 97.5 Å². The zero-order valence-electron chi connectivity index (χ0n) is 9.40. The van der Waals surface area contributed by atoms with Gasteiger partial charge in [0.2, 0.25) is 0 Å². The highest BCUT2D eigenvalue weighted by Gasteiger charge is 2.27. The smallest absolute Gasteiger partial charge is 0.323 e. The quantitative estimate of drug-likeness (QED) is 0.857. The molecule has 2 rings (SSSR count). The fourth-order valence-corrected chi connectivity index (χ4v) is 3.55. The Bertz CT molecular complexity index is 474. The lowest BCUT2D eigenvalue weighted by Crippen LogP contribution is -2.24. The Morgan fingerprint density at radius 2 is 2.25 bits per heavy atom. The van der Waals surface area contributed by atoms with E-state index in [0.29, 0.717) is 11.8 Å². The van der Waals surface area contributed by atoms with Crippen LogP contribution in [0.5, 0.6) is 0 Å². The van der Waals surface area contributed by atoms with Gasteiger partial charge in [-0.3, -0.25) is 14.2 Å². The van der Waals surface area contributed by atoms with Crippen LogP contribution in [0, 0.1) is 5.92 Å². The van der Waals surface area contributed by atoms with Crippen molar-refractivity contribution >= 4 is 17.3 Å². The number of nitrogens with zero attached hydrogens (tertiary/aromatic N) is 1. The summed E-state index contributed by atoms with van der Waals surface area (Å²) in [6.45, 7) is 4.05. The Hall–Kier alpha value is -1.10. The van der Waals surface area contributed by atoms with Gasteiger partial charge < -0.3 is 5.11 Å². The van der Waals surface area contributed by atoms with E-state index in [1.165, 1.54) is 15.9 Å². The Morgan fingerprint density at radius 1 is 1.56 bits per heavy atom. The molecule has 0 aliphatic heterocycles. The van der Waals surface area contributed by atoms with Crippen molar-refractivity contribution in [2.75, 3.05) is 0 Å². The second kappa shape index (κ2) is 4.05. The first-order valence-corrected chi connectivity index (χ1v) is 6.25. The molecule has 0 amide bonds. The summed E-state index contributed by atoms with van der Waals surface area (Å²) in [6.07, 6.45) is 1.91.